The summed E-state index contributed by atoms with van der Waals surface area (Å²) in [4.78, 5) is 13.2. The van der Waals surface area contributed by atoms with E-state index in [0.717, 1.165) is 17.1 Å². The zero-order chi connectivity index (χ0) is 18.4. The topological polar surface area (TPSA) is 83.0 Å². The van der Waals surface area contributed by atoms with Crippen LogP contribution in [0.1, 0.15) is 18.1 Å². The third-order valence-electron chi connectivity index (χ3n) is 4.05. The number of pyridine rings is 1. The maximum Gasteiger partial charge on any atom is 0.225 e. The second-order valence-electron chi connectivity index (χ2n) is 6.21. The van der Waals surface area contributed by atoms with Crippen molar-refractivity contribution in [3.63, 3.8) is 0 Å². The lowest BCUT2D eigenvalue weighted by Crippen LogP contribution is -2.21. The fourth-order valence-electron chi connectivity index (χ4n) is 2.52. The zero-order valence-corrected chi connectivity index (χ0v) is 15.0. The maximum atomic E-state index is 9.29. The Morgan fingerprint density at radius 3 is 2.69 bits per heavy atom. The molecular weight excluding hydrogens is 326 g/mol. The molecule has 26 heavy (non-hydrogen) atoms. The van der Waals surface area contributed by atoms with Gasteiger partial charge in [0.25, 0.3) is 0 Å². The zero-order valence-electron chi connectivity index (χ0n) is 15.0. The molecule has 0 aliphatic rings. The van der Waals surface area contributed by atoms with Gasteiger partial charge in [0.15, 0.2) is 0 Å². The largest absolute Gasteiger partial charge is 0.394 e. The van der Waals surface area contributed by atoms with E-state index in [2.05, 4.69) is 44.6 Å². The first kappa shape index (κ1) is 17.8. The number of aromatic nitrogens is 3. The number of aryl methyl sites for hydroxylation is 1. The van der Waals surface area contributed by atoms with E-state index in [-0.39, 0.29) is 12.6 Å². The van der Waals surface area contributed by atoms with Crippen molar-refractivity contribution in [2.24, 2.45) is 0 Å². The van der Waals surface area contributed by atoms with Gasteiger partial charge < -0.3 is 15.7 Å². The van der Waals surface area contributed by atoms with E-state index in [9.17, 15) is 5.11 Å². The van der Waals surface area contributed by atoms with E-state index in [0.29, 0.717) is 12.5 Å². The molecule has 3 aromatic rings. The number of anilines is 2. The monoisotopic (exact) mass is 349 g/mol. The van der Waals surface area contributed by atoms with Gasteiger partial charge in [-0.2, -0.15) is 4.98 Å². The highest BCUT2D eigenvalue weighted by molar-refractivity contribution is 5.63. The van der Waals surface area contributed by atoms with Crippen LogP contribution in [0.3, 0.4) is 0 Å². The van der Waals surface area contributed by atoms with Crippen LogP contribution in [0.2, 0.25) is 0 Å². The molecule has 134 valence electrons. The molecule has 0 fully saturated rings. The third-order valence-corrected chi connectivity index (χ3v) is 4.05. The number of hydrogen-bond acceptors (Lipinski definition) is 6. The van der Waals surface area contributed by atoms with E-state index >= 15 is 0 Å². The van der Waals surface area contributed by atoms with Crippen molar-refractivity contribution in [3.05, 3.63) is 66.0 Å². The van der Waals surface area contributed by atoms with Gasteiger partial charge in [0, 0.05) is 36.6 Å². The smallest absolute Gasteiger partial charge is 0.225 e. The van der Waals surface area contributed by atoms with Gasteiger partial charge in [0.05, 0.1) is 12.3 Å². The van der Waals surface area contributed by atoms with Gasteiger partial charge in [-0.3, -0.25) is 4.98 Å². The van der Waals surface area contributed by atoms with Crippen LogP contribution in [-0.4, -0.2) is 32.7 Å². The molecule has 6 nitrogen and oxygen atoms in total. The Labute approximate surface area is 153 Å². The first-order chi connectivity index (χ1) is 12.7. The molecule has 2 aromatic heterocycles. The Kier molecular flexibility index (Phi) is 5.76. The maximum absolute atomic E-state index is 9.29. The van der Waals surface area contributed by atoms with Crippen LogP contribution >= 0.6 is 0 Å². The number of aliphatic hydroxyl groups is 1. The molecule has 0 amide bonds. The summed E-state index contributed by atoms with van der Waals surface area (Å²) in [7, 11) is 0. The summed E-state index contributed by atoms with van der Waals surface area (Å²) in [6.45, 7) is 4.64. The van der Waals surface area contributed by atoms with Gasteiger partial charge in [-0.25, -0.2) is 4.98 Å². The van der Waals surface area contributed by atoms with Crippen LogP contribution in [-0.2, 0) is 6.54 Å². The second-order valence-corrected chi connectivity index (χ2v) is 6.21. The summed E-state index contributed by atoms with van der Waals surface area (Å²) in [5.74, 6) is 1.19. The van der Waals surface area contributed by atoms with Crippen LogP contribution < -0.4 is 10.6 Å². The number of benzene rings is 1. The van der Waals surface area contributed by atoms with E-state index in [4.69, 9.17) is 0 Å². The number of hydrogen-bond donors (Lipinski definition) is 3. The molecule has 1 aromatic carbocycles. The van der Waals surface area contributed by atoms with E-state index < -0.39 is 0 Å². The molecule has 0 radical (unpaired) electrons. The summed E-state index contributed by atoms with van der Waals surface area (Å²) in [6, 6.07) is 13.9. The minimum absolute atomic E-state index is 0.00640. The van der Waals surface area contributed by atoms with E-state index in [1.54, 1.807) is 12.4 Å². The predicted octanol–water partition coefficient (Wildman–Crippen LogP) is 3.25. The molecule has 1 atom stereocenters. The first-order valence-corrected chi connectivity index (χ1v) is 8.61. The highest BCUT2D eigenvalue weighted by Gasteiger charge is 2.09. The molecule has 0 aliphatic carbocycles. The highest BCUT2D eigenvalue weighted by atomic mass is 16.3. The van der Waals surface area contributed by atoms with Gasteiger partial charge in [-0.1, -0.05) is 24.3 Å². The molecule has 0 spiro atoms. The highest BCUT2D eigenvalue weighted by Crippen LogP contribution is 2.21. The van der Waals surface area contributed by atoms with Crippen molar-refractivity contribution in [2.75, 3.05) is 17.2 Å². The lowest BCUT2D eigenvalue weighted by molar-refractivity contribution is 0.281. The van der Waals surface area contributed by atoms with E-state index in [1.807, 2.05) is 37.3 Å². The Morgan fingerprint density at radius 2 is 1.96 bits per heavy atom. The normalized spacial score (nSPS) is 11.8. The lowest BCUT2D eigenvalue weighted by atomic mass is 10.1. The lowest BCUT2D eigenvalue weighted by Gasteiger charge is -2.14. The summed E-state index contributed by atoms with van der Waals surface area (Å²) >= 11 is 0. The minimum Gasteiger partial charge on any atom is -0.394 e. The Hall–Kier alpha value is -2.99. The summed E-state index contributed by atoms with van der Waals surface area (Å²) in [6.07, 6.45) is 3.50. The molecular formula is C20H23N5O. The van der Waals surface area contributed by atoms with Crippen LogP contribution in [0.4, 0.5) is 11.8 Å². The molecule has 3 rings (SSSR count). The fourth-order valence-corrected chi connectivity index (χ4v) is 2.52. The molecule has 3 N–H and O–H groups in total. The average Bonchev–Trinajstić information content (AvgIpc) is 2.68. The Balaban J connectivity index is 1.88. The van der Waals surface area contributed by atoms with Crippen molar-refractivity contribution in [3.8, 4) is 11.3 Å². The molecule has 0 aliphatic heterocycles. The van der Waals surface area contributed by atoms with Crippen molar-refractivity contribution >= 4 is 11.8 Å². The average molecular weight is 349 g/mol. The molecule has 0 unspecified atom stereocenters. The predicted molar refractivity (Wildman–Crippen MR) is 104 cm³/mol. The van der Waals surface area contributed by atoms with Crippen molar-refractivity contribution in [2.45, 2.75) is 26.4 Å². The van der Waals surface area contributed by atoms with Crippen LogP contribution in [0.15, 0.2) is 54.9 Å². The second kappa shape index (κ2) is 8.40. The van der Waals surface area contributed by atoms with Gasteiger partial charge in [-0.15, -0.1) is 0 Å². The molecule has 0 saturated carbocycles. The fraction of sp³-hybridized carbons (Fsp3) is 0.250. The van der Waals surface area contributed by atoms with Gasteiger partial charge in [0.1, 0.15) is 5.82 Å². The standard InChI is InChI=1S/C20H23N5O/c1-14-6-3-4-7-16(14)12-22-19-10-18(17-8-5-9-21-11-17)24-20(25-19)23-15(2)13-26/h3-11,15,26H,12-13H2,1-2H3,(H2,22,23,24,25)/t15-/m1/s1. The quantitative estimate of drug-likeness (QED) is 0.607. The Bertz CT molecular complexity index is 854. The number of nitrogens with zero attached hydrogens (tertiary/aromatic N) is 3. The van der Waals surface area contributed by atoms with Gasteiger partial charge >= 0.3 is 0 Å². The number of rotatable bonds is 7. The summed E-state index contributed by atoms with van der Waals surface area (Å²) in [5.41, 5.74) is 4.13. The molecule has 0 saturated heterocycles. The van der Waals surface area contributed by atoms with Crippen LogP contribution in [0.5, 0.6) is 0 Å². The number of nitrogens with one attached hydrogen (secondary N) is 2. The van der Waals surface area contributed by atoms with Crippen molar-refractivity contribution in [1.82, 2.24) is 15.0 Å². The van der Waals surface area contributed by atoms with Gasteiger partial charge in [-0.05, 0) is 37.1 Å². The summed E-state index contributed by atoms with van der Waals surface area (Å²) < 4.78 is 0. The number of aliphatic hydroxyl groups excluding tert-OH is 1. The minimum atomic E-state index is -0.136. The van der Waals surface area contributed by atoms with Crippen molar-refractivity contribution < 1.29 is 5.11 Å². The van der Waals surface area contributed by atoms with Gasteiger partial charge in [0.2, 0.25) is 5.95 Å². The molecule has 0 bridgehead atoms. The first-order valence-electron chi connectivity index (χ1n) is 8.61. The molecule has 2 heterocycles. The van der Waals surface area contributed by atoms with Crippen LogP contribution in [0, 0.1) is 6.92 Å². The third kappa shape index (κ3) is 4.55. The molecule has 6 heteroatoms. The summed E-state index contributed by atoms with van der Waals surface area (Å²) in [5, 5.41) is 15.8. The van der Waals surface area contributed by atoms with Crippen LogP contribution in [0.25, 0.3) is 11.3 Å². The SMILES string of the molecule is Cc1ccccc1CNc1cc(-c2cccnc2)nc(N[C@H](C)CO)n1. The van der Waals surface area contributed by atoms with E-state index in [1.165, 1.54) is 11.1 Å². The van der Waals surface area contributed by atoms with Crippen molar-refractivity contribution in [1.29, 1.82) is 0 Å². The Morgan fingerprint density at radius 1 is 1.12 bits per heavy atom.